The molecule has 0 bridgehead atoms. The Bertz CT molecular complexity index is 537. The van der Waals surface area contributed by atoms with Gasteiger partial charge in [0.15, 0.2) is 0 Å². The van der Waals surface area contributed by atoms with E-state index in [1.807, 2.05) is 6.07 Å². The lowest BCUT2D eigenvalue weighted by molar-refractivity contribution is 0.906. The van der Waals surface area contributed by atoms with Crippen molar-refractivity contribution in [2.45, 2.75) is 33.1 Å². The second-order valence-electron chi connectivity index (χ2n) is 4.48. The van der Waals surface area contributed by atoms with Crippen molar-refractivity contribution in [1.82, 2.24) is 4.98 Å². The molecular weight excluding hydrogens is 288 g/mol. The number of rotatable bonds is 5. The molecule has 0 saturated heterocycles. The van der Waals surface area contributed by atoms with Crippen molar-refractivity contribution in [2.24, 2.45) is 0 Å². The molecule has 1 aromatic carbocycles. The average Bonchev–Trinajstić information content (AvgIpc) is 2.37. The van der Waals surface area contributed by atoms with Crippen LogP contribution in [0.25, 0.3) is 10.9 Å². The third-order valence-corrected chi connectivity index (χ3v) is 3.58. The van der Waals surface area contributed by atoms with Gasteiger partial charge in [-0.2, -0.15) is 0 Å². The number of nitrogens with one attached hydrogen (secondary N) is 1. The Morgan fingerprint density at radius 1 is 1.22 bits per heavy atom. The number of aryl methyl sites for hydroxylation is 1. The summed E-state index contributed by atoms with van der Waals surface area (Å²) in [7, 11) is 0. The first-order valence-corrected chi connectivity index (χ1v) is 7.37. The average molecular weight is 307 g/mol. The van der Waals surface area contributed by atoms with Crippen molar-refractivity contribution in [2.75, 3.05) is 11.9 Å². The first-order chi connectivity index (χ1) is 8.76. The predicted octanol–water partition coefficient (Wildman–Crippen LogP) is 4.77. The summed E-state index contributed by atoms with van der Waals surface area (Å²) in [6.07, 6.45) is 3.32. The summed E-state index contributed by atoms with van der Waals surface area (Å²) in [4.78, 5) is 4.77. The van der Waals surface area contributed by atoms with Crippen LogP contribution in [0.1, 0.15) is 32.3 Å². The van der Waals surface area contributed by atoms with Gasteiger partial charge in [-0.1, -0.05) is 32.4 Å². The molecular formula is C15H19BrN2. The minimum atomic E-state index is 0.972. The summed E-state index contributed by atoms with van der Waals surface area (Å²) in [5, 5.41) is 4.64. The van der Waals surface area contributed by atoms with Crippen LogP contribution in [0.5, 0.6) is 0 Å². The van der Waals surface area contributed by atoms with Gasteiger partial charge in [0.1, 0.15) is 5.82 Å². The van der Waals surface area contributed by atoms with Crippen LogP contribution < -0.4 is 5.32 Å². The normalized spacial score (nSPS) is 10.8. The Balaban J connectivity index is 2.50. The summed E-state index contributed by atoms with van der Waals surface area (Å²) in [5.41, 5.74) is 2.35. The SMILES string of the molecule is CCCNc1nc2c(Br)cccc2cc1CCC. The van der Waals surface area contributed by atoms with E-state index in [4.69, 9.17) is 4.98 Å². The molecule has 96 valence electrons. The van der Waals surface area contributed by atoms with Crippen LogP contribution in [0.15, 0.2) is 28.7 Å². The van der Waals surface area contributed by atoms with Gasteiger partial charge in [0, 0.05) is 16.4 Å². The van der Waals surface area contributed by atoms with E-state index in [1.165, 1.54) is 10.9 Å². The first-order valence-electron chi connectivity index (χ1n) is 6.58. The smallest absolute Gasteiger partial charge is 0.129 e. The largest absolute Gasteiger partial charge is 0.370 e. The van der Waals surface area contributed by atoms with Gasteiger partial charge in [-0.05, 0) is 46.5 Å². The Kier molecular flexibility index (Phi) is 4.59. The van der Waals surface area contributed by atoms with Gasteiger partial charge in [-0.25, -0.2) is 4.98 Å². The molecule has 2 aromatic rings. The molecule has 0 atom stereocenters. The third kappa shape index (κ3) is 2.83. The molecule has 1 heterocycles. The van der Waals surface area contributed by atoms with Crippen molar-refractivity contribution in [3.63, 3.8) is 0 Å². The maximum atomic E-state index is 4.77. The van der Waals surface area contributed by atoms with Gasteiger partial charge >= 0.3 is 0 Å². The van der Waals surface area contributed by atoms with E-state index in [0.29, 0.717) is 0 Å². The van der Waals surface area contributed by atoms with Crippen LogP contribution in [-0.2, 0) is 6.42 Å². The van der Waals surface area contributed by atoms with Crippen molar-refractivity contribution >= 4 is 32.7 Å². The molecule has 1 aromatic heterocycles. The van der Waals surface area contributed by atoms with Crippen LogP contribution in [0.4, 0.5) is 5.82 Å². The lowest BCUT2D eigenvalue weighted by Gasteiger charge is -2.12. The van der Waals surface area contributed by atoms with Crippen LogP contribution in [0.2, 0.25) is 0 Å². The predicted molar refractivity (Wildman–Crippen MR) is 82.2 cm³/mol. The van der Waals surface area contributed by atoms with Gasteiger partial charge in [0.05, 0.1) is 5.52 Å². The fraction of sp³-hybridized carbons (Fsp3) is 0.400. The number of anilines is 1. The summed E-state index contributed by atoms with van der Waals surface area (Å²) >= 11 is 3.57. The van der Waals surface area contributed by atoms with Crippen LogP contribution >= 0.6 is 15.9 Å². The quantitative estimate of drug-likeness (QED) is 0.860. The van der Waals surface area contributed by atoms with Gasteiger partial charge in [0.25, 0.3) is 0 Å². The lowest BCUT2D eigenvalue weighted by Crippen LogP contribution is -2.05. The highest BCUT2D eigenvalue weighted by Gasteiger charge is 2.07. The van der Waals surface area contributed by atoms with E-state index in [-0.39, 0.29) is 0 Å². The third-order valence-electron chi connectivity index (χ3n) is 2.94. The monoisotopic (exact) mass is 306 g/mol. The van der Waals surface area contributed by atoms with Crippen LogP contribution in [0, 0.1) is 0 Å². The number of hydrogen-bond acceptors (Lipinski definition) is 2. The molecule has 0 saturated carbocycles. The minimum absolute atomic E-state index is 0.972. The van der Waals surface area contributed by atoms with E-state index in [2.05, 4.69) is 53.3 Å². The number of hydrogen-bond donors (Lipinski definition) is 1. The molecule has 0 radical (unpaired) electrons. The maximum Gasteiger partial charge on any atom is 0.129 e. The zero-order valence-corrected chi connectivity index (χ0v) is 12.5. The number of aromatic nitrogens is 1. The fourth-order valence-corrected chi connectivity index (χ4v) is 2.53. The van der Waals surface area contributed by atoms with Gasteiger partial charge in [-0.15, -0.1) is 0 Å². The Morgan fingerprint density at radius 3 is 2.78 bits per heavy atom. The molecule has 1 N–H and O–H groups in total. The summed E-state index contributed by atoms with van der Waals surface area (Å²) in [5.74, 6) is 1.04. The molecule has 0 fully saturated rings. The highest BCUT2D eigenvalue weighted by Crippen LogP contribution is 2.27. The Morgan fingerprint density at radius 2 is 2.06 bits per heavy atom. The topological polar surface area (TPSA) is 24.9 Å². The number of para-hydroxylation sites is 1. The maximum absolute atomic E-state index is 4.77. The molecule has 0 aliphatic heterocycles. The van der Waals surface area contributed by atoms with Gasteiger partial charge in [-0.3, -0.25) is 0 Å². The summed E-state index contributed by atoms with van der Waals surface area (Å²) in [6, 6.07) is 8.48. The molecule has 0 aliphatic rings. The molecule has 2 nitrogen and oxygen atoms in total. The van der Waals surface area contributed by atoms with Crippen molar-refractivity contribution in [1.29, 1.82) is 0 Å². The van der Waals surface area contributed by atoms with Gasteiger partial charge < -0.3 is 5.32 Å². The Hall–Kier alpha value is -1.09. The molecule has 3 heteroatoms. The van der Waals surface area contributed by atoms with E-state index >= 15 is 0 Å². The second-order valence-corrected chi connectivity index (χ2v) is 5.34. The number of pyridine rings is 1. The zero-order valence-electron chi connectivity index (χ0n) is 11.0. The van der Waals surface area contributed by atoms with E-state index in [1.54, 1.807) is 0 Å². The number of fused-ring (bicyclic) bond motifs is 1. The van der Waals surface area contributed by atoms with E-state index in [0.717, 1.165) is 41.6 Å². The molecule has 2 rings (SSSR count). The number of benzene rings is 1. The second kappa shape index (κ2) is 6.19. The van der Waals surface area contributed by atoms with Crippen molar-refractivity contribution in [3.8, 4) is 0 Å². The molecule has 0 aliphatic carbocycles. The van der Waals surface area contributed by atoms with Crippen LogP contribution in [-0.4, -0.2) is 11.5 Å². The number of halogens is 1. The van der Waals surface area contributed by atoms with E-state index < -0.39 is 0 Å². The summed E-state index contributed by atoms with van der Waals surface area (Å²) < 4.78 is 1.06. The highest BCUT2D eigenvalue weighted by molar-refractivity contribution is 9.10. The molecule has 18 heavy (non-hydrogen) atoms. The number of nitrogens with zero attached hydrogens (tertiary/aromatic N) is 1. The standard InChI is InChI=1S/C15H19BrN2/c1-3-6-12-10-11-7-5-8-13(16)14(11)18-15(12)17-9-4-2/h5,7-8,10H,3-4,6,9H2,1-2H3,(H,17,18). The van der Waals surface area contributed by atoms with Gasteiger partial charge in [0.2, 0.25) is 0 Å². The molecule has 0 amide bonds. The van der Waals surface area contributed by atoms with Crippen molar-refractivity contribution in [3.05, 3.63) is 34.3 Å². The van der Waals surface area contributed by atoms with E-state index in [9.17, 15) is 0 Å². The van der Waals surface area contributed by atoms with Crippen molar-refractivity contribution < 1.29 is 0 Å². The first kappa shape index (κ1) is 13.3. The Labute approximate surface area is 117 Å². The van der Waals surface area contributed by atoms with Crippen LogP contribution in [0.3, 0.4) is 0 Å². The molecule has 0 spiro atoms. The minimum Gasteiger partial charge on any atom is -0.370 e. The fourth-order valence-electron chi connectivity index (χ4n) is 2.06. The lowest BCUT2D eigenvalue weighted by atomic mass is 10.1. The molecule has 0 unspecified atom stereocenters. The highest BCUT2D eigenvalue weighted by atomic mass is 79.9. The zero-order chi connectivity index (χ0) is 13.0. The summed E-state index contributed by atoms with van der Waals surface area (Å²) in [6.45, 7) is 5.35.